The fourth-order valence-corrected chi connectivity index (χ4v) is 6.80. The van der Waals surface area contributed by atoms with Crippen LogP contribution in [0.3, 0.4) is 0 Å². The molecule has 3 unspecified atom stereocenters. The lowest BCUT2D eigenvalue weighted by Crippen LogP contribution is -2.65. The van der Waals surface area contributed by atoms with Crippen LogP contribution in [0.1, 0.15) is 72.1 Å². The molecule has 5 fully saturated rings. The Balaban J connectivity index is 1.49. The molecule has 4 bridgehead atoms. The Hall–Kier alpha value is -2.04. The number of nitrogens with one attached hydrogen (secondary N) is 1. The van der Waals surface area contributed by atoms with Crippen molar-refractivity contribution in [3.63, 3.8) is 0 Å². The maximum absolute atomic E-state index is 13.5. The summed E-state index contributed by atoms with van der Waals surface area (Å²) in [5, 5.41) is 13.2. The van der Waals surface area contributed by atoms with Crippen molar-refractivity contribution in [3.05, 3.63) is 35.1 Å². The smallest absolute Gasteiger partial charge is 0.309 e. The second-order valence-electron chi connectivity index (χ2n) is 10.6. The molecule has 2 N–H and O–H groups in total. The van der Waals surface area contributed by atoms with Crippen molar-refractivity contribution >= 4 is 11.9 Å². The number of hydrogen-bond donors (Lipinski definition) is 2. The molecule has 0 aromatic carbocycles. The van der Waals surface area contributed by atoms with E-state index in [1.165, 1.54) is 24.0 Å². The number of rotatable bonds is 8. The molecule has 5 nitrogen and oxygen atoms in total. The zero-order valence-electron chi connectivity index (χ0n) is 19.5. The van der Waals surface area contributed by atoms with Crippen LogP contribution in [0.25, 0.3) is 0 Å². The highest BCUT2D eigenvalue weighted by molar-refractivity contribution is 5.80. The van der Waals surface area contributed by atoms with Gasteiger partial charge in [0.1, 0.15) is 0 Å². The number of carboxylic acid groups (broad SMARTS) is 1. The van der Waals surface area contributed by atoms with Gasteiger partial charge in [0.15, 0.2) is 0 Å². The average molecular weight is 427 g/mol. The number of carbonyl (C=O) groups is 2. The van der Waals surface area contributed by atoms with Crippen LogP contribution >= 0.6 is 0 Å². The quantitative estimate of drug-likeness (QED) is 0.554. The van der Waals surface area contributed by atoms with Gasteiger partial charge in [-0.25, -0.2) is 0 Å². The number of piperidine rings is 2. The first-order chi connectivity index (χ1) is 14.7. The van der Waals surface area contributed by atoms with Gasteiger partial charge < -0.3 is 15.3 Å². The molecule has 2 heterocycles. The van der Waals surface area contributed by atoms with E-state index in [0.717, 1.165) is 30.5 Å². The first-order valence-corrected chi connectivity index (χ1v) is 12.0. The summed E-state index contributed by atoms with van der Waals surface area (Å²) < 4.78 is 0. The van der Waals surface area contributed by atoms with Gasteiger partial charge in [0, 0.05) is 31.2 Å². The zero-order valence-corrected chi connectivity index (χ0v) is 19.5. The number of hydrogen-bond acceptors (Lipinski definition) is 3. The summed E-state index contributed by atoms with van der Waals surface area (Å²) in [4.78, 5) is 27.5. The van der Waals surface area contributed by atoms with Crippen LogP contribution in [-0.2, 0) is 9.59 Å². The fourth-order valence-electron chi connectivity index (χ4n) is 6.80. The lowest BCUT2D eigenvalue weighted by Gasteiger charge is -2.60. The molecule has 0 aromatic rings. The molecule has 3 atom stereocenters. The van der Waals surface area contributed by atoms with Crippen LogP contribution in [0, 0.1) is 23.2 Å². The molecule has 0 aromatic heterocycles. The van der Waals surface area contributed by atoms with Gasteiger partial charge in [-0.1, -0.05) is 25.2 Å². The van der Waals surface area contributed by atoms with E-state index in [-0.39, 0.29) is 23.9 Å². The summed E-state index contributed by atoms with van der Waals surface area (Å²) in [6, 6.07) is 0.198. The molecule has 0 radical (unpaired) electrons. The Morgan fingerprint density at radius 2 is 1.84 bits per heavy atom. The van der Waals surface area contributed by atoms with Gasteiger partial charge in [-0.15, -0.1) is 0 Å². The molecule has 0 spiro atoms. The minimum atomic E-state index is -0.656. The summed E-state index contributed by atoms with van der Waals surface area (Å²) in [6.45, 7) is 10.8. The van der Waals surface area contributed by atoms with Crippen molar-refractivity contribution in [3.8, 4) is 0 Å². The summed E-state index contributed by atoms with van der Waals surface area (Å²) in [5.74, 6) is 0.673. The van der Waals surface area contributed by atoms with Crippen LogP contribution in [0.4, 0.5) is 0 Å². The molecule has 31 heavy (non-hydrogen) atoms. The highest BCUT2D eigenvalue weighted by Gasteiger charge is 2.58. The van der Waals surface area contributed by atoms with E-state index in [2.05, 4.69) is 36.7 Å². The topological polar surface area (TPSA) is 69.6 Å². The summed E-state index contributed by atoms with van der Waals surface area (Å²) >= 11 is 0. The zero-order chi connectivity index (χ0) is 22.5. The van der Waals surface area contributed by atoms with Gasteiger partial charge in [0.25, 0.3) is 0 Å². The van der Waals surface area contributed by atoms with Gasteiger partial charge >= 0.3 is 5.97 Å². The van der Waals surface area contributed by atoms with Crippen LogP contribution < -0.4 is 5.32 Å². The van der Waals surface area contributed by atoms with E-state index >= 15 is 0 Å². The molecule has 3 aliphatic carbocycles. The van der Waals surface area contributed by atoms with E-state index in [0.29, 0.717) is 31.1 Å². The number of amides is 1. The van der Waals surface area contributed by atoms with Crippen LogP contribution in [0.5, 0.6) is 0 Å². The molecule has 1 amide bonds. The predicted molar refractivity (Wildman–Crippen MR) is 122 cm³/mol. The van der Waals surface area contributed by atoms with Gasteiger partial charge in [0.2, 0.25) is 5.91 Å². The molecule has 5 aliphatic rings. The third kappa shape index (κ3) is 3.85. The second kappa shape index (κ2) is 8.14. The largest absolute Gasteiger partial charge is 0.481 e. The lowest BCUT2D eigenvalue weighted by molar-refractivity contribution is -0.178. The SMILES string of the molecule is C=C(C(/C(=C\C)NC)=C(/C)C1CC1)C(C)CC(=O)N1C2CC3CC1CC(C(=O)O)(C3)C2. The summed E-state index contributed by atoms with van der Waals surface area (Å²) in [5.41, 5.74) is 4.11. The Labute approximate surface area is 186 Å². The summed E-state index contributed by atoms with van der Waals surface area (Å²) in [6.07, 6.45) is 9.01. The number of likely N-dealkylation sites (N-methyl/N-ethyl adjacent to an activating group) is 1. The maximum Gasteiger partial charge on any atom is 0.309 e. The molecular weight excluding hydrogens is 388 g/mol. The monoisotopic (exact) mass is 426 g/mol. The fraction of sp³-hybridized carbons (Fsp3) is 0.692. The Morgan fingerprint density at radius 1 is 1.23 bits per heavy atom. The molecule has 3 saturated carbocycles. The minimum Gasteiger partial charge on any atom is -0.481 e. The molecule has 170 valence electrons. The third-order valence-electron chi connectivity index (χ3n) is 8.48. The highest BCUT2D eigenvalue weighted by Crippen LogP contribution is 2.56. The standard InChI is InChI=1S/C26H38N2O3/c1-6-22(27-5)24(17(4)19-7-8-19)16(3)15(2)9-23(29)28-20-10-18-11-21(28)14-26(12-18,13-20)25(30)31/h6,15,18-21,27H,3,7-14H2,1-2,4-5H3,(H,30,31)/b22-6+,24-17+. The van der Waals surface area contributed by atoms with Crippen molar-refractivity contribution < 1.29 is 14.7 Å². The molecular formula is C26H38N2O3. The van der Waals surface area contributed by atoms with Crippen molar-refractivity contribution in [2.75, 3.05) is 7.05 Å². The van der Waals surface area contributed by atoms with Gasteiger partial charge in [-0.05, 0) is 87.7 Å². The van der Waals surface area contributed by atoms with Gasteiger partial charge in [-0.2, -0.15) is 0 Å². The van der Waals surface area contributed by atoms with E-state index in [1.54, 1.807) is 0 Å². The predicted octanol–water partition coefficient (Wildman–Crippen LogP) is 4.66. The maximum atomic E-state index is 13.5. The third-order valence-corrected chi connectivity index (χ3v) is 8.48. The van der Waals surface area contributed by atoms with Crippen molar-refractivity contribution in [1.29, 1.82) is 0 Å². The first kappa shape index (κ1) is 22.2. The number of allylic oxidation sites excluding steroid dienone is 3. The lowest BCUT2D eigenvalue weighted by atomic mass is 9.55. The molecule has 5 rings (SSSR count). The van der Waals surface area contributed by atoms with E-state index in [4.69, 9.17) is 0 Å². The van der Waals surface area contributed by atoms with Crippen LogP contribution in [-0.4, -0.2) is 41.0 Å². The van der Waals surface area contributed by atoms with Gasteiger partial charge in [0.05, 0.1) is 5.41 Å². The Kier molecular flexibility index (Phi) is 5.82. The number of carboxylic acids is 1. The number of nitrogens with zero attached hydrogens (tertiary/aromatic N) is 1. The molecule has 5 heteroatoms. The molecule has 2 aliphatic heterocycles. The van der Waals surface area contributed by atoms with Crippen molar-refractivity contribution in [2.24, 2.45) is 23.2 Å². The number of carbonyl (C=O) groups excluding carboxylic acids is 1. The van der Waals surface area contributed by atoms with Crippen LogP contribution in [0.2, 0.25) is 0 Å². The normalized spacial score (nSPS) is 33.7. The Morgan fingerprint density at radius 3 is 2.32 bits per heavy atom. The highest BCUT2D eigenvalue weighted by atomic mass is 16.4. The van der Waals surface area contributed by atoms with Gasteiger partial charge in [-0.3, -0.25) is 9.59 Å². The minimum absolute atomic E-state index is 0.0464. The van der Waals surface area contributed by atoms with E-state index in [1.807, 2.05) is 14.0 Å². The van der Waals surface area contributed by atoms with Crippen molar-refractivity contribution in [1.82, 2.24) is 10.2 Å². The molecule has 2 saturated heterocycles. The van der Waals surface area contributed by atoms with E-state index in [9.17, 15) is 14.7 Å². The Bertz CT molecular complexity index is 835. The van der Waals surface area contributed by atoms with Crippen molar-refractivity contribution in [2.45, 2.75) is 84.2 Å². The van der Waals surface area contributed by atoms with E-state index < -0.39 is 11.4 Å². The first-order valence-electron chi connectivity index (χ1n) is 12.0. The summed E-state index contributed by atoms with van der Waals surface area (Å²) in [7, 11) is 1.94. The van der Waals surface area contributed by atoms with Crippen LogP contribution in [0.15, 0.2) is 35.1 Å². The second-order valence-corrected chi connectivity index (χ2v) is 10.6. The number of aliphatic carboxylic acids is 1. The average Bonchev–Trinajstić information content (AvgIpc) is 3.55.